The maximum Gasteiger partial charge on any atom is 0.258 e. The second-order valence-electron chi connectivity index (χ2n) is 3.92. The van der Waals surface area contributed by atoms with E-state index in [0.717, 1.165) is 15.6 Å². The van der Waals surface area contributed by atoms with Gasteiger partial charge < -0.3 is 4.52 Å². The standard InChI is InChI=1S/C14H8BrClN2O/c15-11-7-6-10(8-12(11)16)14-17-13(18-19-14)9-4-2-1-3-5-9/h1-8H. The number of benzene rings is 2. The van der Waals surface area contributed by atoms with Crippen molar-refractivity contribution >= 4 is 27.5 Å². The largest absolute Gasteiger partial charge is 0.334 e. The van der Waals surface area contributed by atoms with Gasteiger partial charge in [-0.15, -0.1) is 0 Å². The zero-order chi connectivity index (χ0) is 13.2. The zero-order valence-corrected chi connectivity index (χ0v) is 12.0. The highest BCUT2D eigenvalue weighted by Gasteiger charge is 2.11. The number of halogens is 2. The van der Waals surface area contributed by atoms with Crippen LogP contribution in [0.15, 0.2) is 57.5 Å². The molecule has 0 unspecified atom stereocenters. The Hall–Kier alpha value is -1.65. The van der Waals surface area contributed by atoms with Gasteiger partial charge in [-0.05, 0) is 34.1 Å². The SMILES string of the molecule is Clc1cc(-c2nc(-c3ccccc3)no2)ccc1Br. The lowest BCUT2D eigenvalue weighted by atomic mass is 10.2. The molecular formula is C14H8BrClN2O. The van der Waals surface area contributed by atoms with E-state index in [4.69, 9.17) is 16.1 Å². The highest BCUT2D eigenvalue weighted by atomic mass is 79.9. The van der Waals surface area contributed by atoms with Crippen molar-refractivity contribution in [2.45, 2.75) is 0 Å². The van der Waals surface area contributed by atoms with E-state index in [-0.39, 0.29) is 0 Å². The van der Waals surface area contributed by atoms with Gasteiger partial charge in [-0.1, -0.05) is 47.1 Å². The summed E-state index contributed by atoms with van der Waals surface area (Å²) < 4.78 is 6.10. The van der Waals surface area contributed by atoms with Gasteiger partial charge in [0, 0.05) is 15.6 Å². The molecule has 0 aliphatic carbocycles. The smallest absolute Gasteiger partial charge is 0.258 e. The Balaban J connectivity index is 1.99. The Morgan fingerprint density at radius 1 is 1.00 bits per heavy atom. The van der Waals surface area contributed by atoms with E-state index in [0.29, 0.717) is 16.7 Å². The lowest BCUT2D eigenvalue weighted by Gasteiger charge is -1.97. The van der Waals surface area contributed by atoms with Crippen LogP contribution in [0.5, 0.6) is 0 Å². The Labute approximate surface area is 123 Å². The first-order chi connectivity index (χ1) is 9.24. The fourth-order valence-electron chi connectivity index (χ4n) is 1.67. The number of nitrogens with zero attached hydrogens (tertiary/aromatic N) is 2. The second kappa shape index (κ2) is 5.15. The van der Waals surface area contributed by atoms with E-state index in [1.54, 1.807) is 6.07 Å². The molecule has 3 rings (SSSR count). The van der Waals surface area contributed by atoms with Crippen LogP contribution in [0.1, 0.15) is 0 Å². The normalized spacial score (nSPS) is 10.6. The zero-order valence-electron chi connectivity index (χ0n) is 9.68. The maximum atomic E-state index is 6.05. The van der Waals surface area contributed by atoms with Crippen molar-refractivity contribution in [1.29, 1.82) is 0 Å². The number of rotatable bonds is 2. The van der Waals surface area contributed by atoms with Crippen LogP contribution in [-0.2, 0) is 0 Å². The maximum absolute atomic E-state index is 6.05. The summed E-state index contributed by atoms with van der Waals surface area (Å²) in [5.41, 5.74) is 1.71. The highest BCUT2D eigenvalue weighted by Crippen LogP contribution is 2.29. The minimum absolute atomic E-state index is 0.452. The van der Waals surface area contributed by atoms with Crippen LogP contribution in [0.4, 0.5) is 0 Å². The quantitative estimate of drug-likeness (QED) is 0.674. The first-order valence-electron chi connectivity index (χ1n) is 5.58. The monoisotopic (exact) mass is 334 g/mol. The van der Waals surface area contributed by atoms with E-state index in [1.165, 1.54) is 0 Å². The Morgan fingerprint density at radius 2 is 1.79 bits per heavy atom. The van der Waals surface area contributed by atoms with E-state index in [9.17, 15) is 0 Å². The molecule has 19 heavy (non-hydrogen) atoms. The minimum Gasteiger partial charge on any atom is -0.334 e. The molecule has 0 saturated carbocycles. The average Bonchev–Trinajstić information content (AvgIpc) is 2.93. The predicted molar refractivity (Wildman–Crippen MR) is 77.9 cm³/mol. The lowest BCUT2D eigenvalue weighted by Crippen LogP contribution is -1.81. The molecular weight excluding hydrogens is 328 g/mol. The van der Waals surface area contributed by atoms with Gasteiger partial charge >= 0.3 is 0 Å². The van der Waals surface area contributed by atoms with E-state index in [2.05, 4.69) is 26.1 Å². The van der Waals surface area contributed by atoms with Gasteiger partial charge in [-0.25, -0.2) is 0 Å². The highest BCUT2D eigenvalue weighted by molar-refractivity contribution is 9.10. The molecule has 0 fully saturated rings. The Morgan fingerprint density at radius 3 is 2.53 bits per heavy atom. The summed E-state index contributed by atoms with van der Waals surface area (Å²) in [6.07, 6.45) is 0. The van der Waals surface area contributed by atoms with Gasteiger partial charge in [0.25, 0.3) is 5.89 Å². The summed E-state index contributed by atoms with van der Waals surface area (Å²) in [7, 11) is 0. The molecule has 5 heteroatoms. The molecule has 1 heterocycles. The summed E-state index contributed by atoms with van der Waals surface area (Å²) in [6, 6.07) is 15.2. The van der Waals surface area contributed by atoms with Crippen molar-refractivity contribution in [2.75, 3.05) is 0 Å². The first kappa shape index (κ1) is 12.4. The molecule has 94 valence electrons. The van der Waals surface area contributed by atoms with Gasteiger partial charge in [0.1, 0.15) is 0 Å². The van der Waals surface area contributed by atoms with Gasteiger partial charge in [-0.3, -0.25) is 0 Å². The predicted octanol–water partition coefficient (Wildman–Crippen LogP) is 4.82. The molecule has 0 radical (unpaired) electrons. The van der Waals surface area contributed by atoms with Crippen LogP contribution in [0.2, 0.25) is 5.02 Å². The van der Waals surface area contributed by atoms with Crippen molar-refractivity contribution in [3.63, 3.8) is 0 Å². The fraction of sp³-hybridized carbons (Fsp3) is 0. The summed E-state index contributed by atoms with van der Waals surface area (Å²) in [6.45, 7) is 0. The van der Waals surface area contributed by atoms with E-state index in [1.807, 2.05) is 42.5 Å². The van der Waals surface area contributed by atoms with E-state index >= 15 is 0 Å². The summed E-state index contributed by atoms with van der Waals surface area (Å²) in [5.74, 6) is 1.02. The van der Waals surface area contributed by atoms with Gasteiger partial charge in [0.05, 0.1) is 5.02 Å². The second-order valence-corrected chi connectivity index (χ2v) is 5.18. The molecule has 3 nitrogen and oxygen atoms in total. The number of aromatic nitrogens is 2. The van der Waals surface area contributed by atoms with Crippen LogP contribution in [0, 0.1) is 0 Å². The Kier molecular flexibility index (Phi) is 3.36. The number of hydrogen-bond donors (Lipinski definition) is 0. The summed E-state index contributed by atoms with van der Waals surface area (Å²) in [5, 5.41) is 4.58. The molecule has 0 amide bonds. The molecule has 0 saturated heterocycles. The minimum atomic E-state index is 0.452. The molecule has 0 N–H and O–H groups in total. The third-order valence-electron chi connectivity index (χ3n) is 2.62. The molecule has 0 bridgehead atoms. The van der Waals surface area contributed by atoms with Crippen molar-refractivity contribution in [1.82, 2.24) is 10.1 Å². The molecule has 3 aromatic rings. The van der Waals surface area contributed by atoms with Crippen molar-refractivity contribution in [3.8, 4) is 22.8 Å². The molecule has 0 spiro atoms. The van der Waals surface area contributed by atoms with Crippen molar-refractivity contribution in [2.24, 2.45) is 0 Å². The van der Waals surface area contributed by atoms with Crippen molar-refractivity contribution in [3.05, 3.63) is 58.0 Å². The average molecular weight is 336 g/mol. The molecule has 1 aromatic heterocycles. The van der Waals surface area contributed by atoms with Gasteiger partial charge in [-0.2, -0.15) is 4.98 Å². The molecule has 2 aromatic carbocycles. The number of hydrogen-bond acceptors (Lipinski definition) is 3. The van der Waals surface area contributed by atoms with Crippen molar-refractivity contribution < 1.29 is 4.52 Å². The van der Waals surface area contributed by atoms with Crippen LogP contribution >= 0.6 is 27.5 Å². The lowest BCUT2D eigenvalue weighted by molar-refractivity contribution is 0.432. The molecule has 0 atom stereocenters. The molecule has 0 aliphatic rings. The third kappa shape index (κ3) is 2.55. The van der Waals surface area contributed by atoms with Crippen LogP contribution in [-0.4, -0.2) is 10.1 Å². The summed E-state index contributed by atoms with van der Waals surface area (Å²) in [4.78, 5) is 4.37. The Bertz CT molecular complexity index is 712. The van der Waals surface area contributed by atoms with E-state index < -0.39 is 0 Å². The first-order valence-corrected chi connectivity index (χ1v) is 6.76. The van der Waals surface area contributed by atoms with Crippen LogP contribution in [0.25, 0.3) is 22.8 Å². The fourth-order valence-corrected chi connectivity index (χ4v) is 2.10. The van der Waals surface area contributed by atoms with Crippen LogP contribution in [0.3, 0.4) is 0 Å². The van der Waals surface area contributed by atoms with Gasteiger partial charge in [0.15, 0.2) is 0 Å². The van der Waals surface area contributed by atoms with Gasteiger partial charge in [0.2, 0.25) is 5.82 Å². The van der Waals surface area contributed by atoms with Crippen LogP contribution < -0.4 is 0 Å². The topological polar surface area (TPSA) is 38.9 Å². The third-order valence-corrected chi connectivity index (χ3v) is 3.86. The molecule has 0 aliphatic heterocycles. The summed E-state index contributed by atoms with van der Waals surface area (Å²) >= 11 is 9.40.